The molecule has 3 aromatic heterocycles. The molecule has 0 atom stereocenters. The molecule has 100 valence electrons. The van der Waals surface area contributed by atoms with E-state index in [4.69, 9.17) is 0 Å². The zero-order valence-corrected chi connectivity index (χ0v) is 10.7. The second-order valence-electron chi connectivity index (χ2n) is 4.30. The Kier molecular flexibility index (Phi) is 2.82. The summed E-state index contributed by atoms with van der Waals surface area (Å²) in [4.78, 5) is 18.6. The highest BCUT2D eigenvalue weighted by atomic mass is 16.6. The molecule has 0 saturated heterocycles. The fourth-order valence-corrected chi connectivity index (χ4v) is 2.05. The summed E-state index contributed by atoms with van der Waals surface area (Å²) in [6.45, 7) is 0. The van der Waals surface area contributed by atoms with E-state index in [-0.39, 0.29) is 5.69 Å². The number of nitro groups is 1. The highest BCUT2D eigenvalue weighted by Crippen LogP contribution is 2.19. The highest BCUT2D eigenvalue weighted by Gasteiger charge is 2.22. The van der Waals surface area contributed by atoms with Crippen LogP contribution in [-0.2, 0) is 13.5 Å². The number of rotatable bonds is 3. The molecule has 8 heteroatoms. The van der Waals surface area contributed by atoms with Gasteiger partial charge in [0, 0.05) is 12.1 Å². The van der Waals surface area contributed by atoms with Crippen molar-refractivity contribution in [1.82, 2.24) is 19.6 Å². The third-order valence-corrected chi connectivity index (χ3v) is 3.09. The topological polar surface area (TPSA) is 90.1 Å². The number of hydrogen-bond donors (Lipinski definition) is 0. The van der Waals surface area contributed by atoms with E-state index in [1.54, 1.807) is 0 Å². The average Bonchev–Trinajstić information content (AvgIpc) is 2.90. The molecule has 0 spiro atoms. The van der Waals surface area contributed by atoms with Gasteiger partial charge in [-0.15, -0.1) is 0 Å². The van der Waals surface area contributed by atoms with Gasteiger partial charge in [0.15, 0.2) is 11.9 Å². The predicted octanol–water partition coefficient (Wildman–Crippen LogP) is 0.448. The van der Waals surface area contributed by atoms with Crippen molar-refractivity contribution in [3.05, 3.63) is 58.4 Å². The zero-order chi connectivity index (χ0) is 14.1. The van der Waals surface area contributed by atoms with Crippen LogP contribution in [0.4, 0.5) is 5.69 Å². The lowest BCUT2D eigenvalue weighted by molar-refractivity contribution is -0.678. The summed E-state index contributed by atoms with van der Waals surface area (Å²) in [5.41, 5.74) is 1.32. The summed E-state index contributed by atoms with van der Waals surface area (Å²) in [6, 6.07) is 5.70. The van der Waals surface area contributed by atoms with Crippen LogP contribution in [-0.4, -0.2) is 24.5 Å². The first-order valence-corrected chi connectivity index (χ1v) is 5.92. The lowest BCUT2D eigenvalue weighted by Crippen LogP contribution is -2.33. The van der Waals surface area contributed by atoms with Crippen molar-refractivity contribution in [3.63, 3.8) is 0 Å². The minimum absolute atomic E-state index is 0.0631. The largest absolute Gasteiger partial charge is 0.309 e. The van der Waals surface area contributed by atoms with Crippen LogP contribution in [0.1, 0.15) is 11.4 Å². The minimum Gasteiger partial charge on any atom is -0.258 e. The maximum atomic E-state index is 11.2. The summed E-state index contributed by atoms with van der Waals surface area (Å²) < 4.78 is 3.32. The number of aryl methyl sites for hydroxylation is 1. The Balaban J connectivity index is 2.18. The van der Waals surface area contributed by atoms with Crippen LogP contribution < -0.4 is 4.57 Å². The molecule has 3 heterocycles. The van der Waals surface area contributed by atoms with E-state index in [1.165, 1.54) is 17.0 Å². The molecule has 8 nitrogen and oxygen atoms in total. The maximum Gasteiger partial charge on any atom is 0.309 e. The van der Waals surface area contributed by atoms with Gasteiger partial charge < -0.3 is 0 Å². The van der Waals surface area contributed by atoms with Gasteiger partial charge in [0.1, 0.15) is 25.3 Å². The van der Waals surface area contributed by atoms with Crippen LogP contribution in [0.5, 0.6) is 0 Å². The lowest BCUT2D eigenvalue weighted by atomic mass is 10.2. The molecule has 0 bridgehead atoms. The second kappa shape index (κ2) is 4.65. The van der Waals surface area contributed by atoms with Crippen LogP contribution in [0, 0.1) is 10.1 Å². The molecule has 0 radical (unpaired) electrons. The highest BCUT2D eigenvalue weighted by molar-refractivity contribution is 5.41. The van der Waals surface area contributed by atoms with Gasteiger partial charge in [0.2, 0.25) is 0 Å². The Morgan fingerprint density at radius 1 is 1.40 bits per heavy atom. The molecule has 0 unspecified atom stereocenters. The van der Waals surface area contributed by atoms with E-state index in [2.05, 4.69) is 15.1 Å². The molecule has 0 fully saturated rings. The number of aromatic nitrogens is 5. The average molecular weight is 271 g/mol. The summed E-state index contributed by atoms with van der Waals surface area (Å²) in [6.07, 6.45) is 4.82. The molecule has 0 saturated carbocycles. The van der Waals surface area contributed by atoms with E-state index in [0.29, 0.717) is 17.9 Å². The van der Waals surface area contributed by atoms with E-state index in [9.17, 15) is 10.1 Å². The molecule has 0 aliphatic rings. The van der Waals surface area contributed by atoms with Crippen LogP contribution in [0.3, 0.4) is 0 Å². The molecule has 0 amide bonds. The third-order valence-electron chi connectivity index (χ3n) is 3.09. The monoisotopic (exact) mass is 271 g/mol. The van der Waals surface area contributed by atoms with Crippen molar-refractivity contribution < 1.29 is 9.49 Å². The van der Waals surface area contributed by atoms with Crippen LogP contribution in [0.25, 0.3) is 5.78 Å². The summed E-state index contributed by atoms with van der Waals surface area (Å²) >= 11 is 0. The fraction of sp³-hybridized carbons (Fsp3) is 0.167. The van der Waals surface area contributed by atoms with Gasteiger partial charge in [-0.1, -0.05) is 6.07 Å². The standard InChI is InChI=1S/C12H11N6O2/c1-16-5-3-2-4-9(16)6-10-11(18(19)20)7-13-12-14-8-15-17(10)12/h2-5,7-8H,6H2,1H3/q+1. The van der Waals surface area contributed by atoms with Gasteiger partial charge >= 0.3 is 5.69 Å². The molecule has 0 aliphatic carbocycles. The smallest absolute Gasteiger partial charge is 0.258 e. The molecule has 20 heavy (non-hydrogen) atoms. The number of fused-ring (bicyclic) bond motifs is 1. The van der Waals surface area contributed by atoms with Gasteiger partial charge in [-0.25, -0.2) is 9.55 Å². The lowest BCUT2D eigenvalue weighted by Gasteiger charge is -2.03. The molecule has 3 rings (SSSR count). The first-order valence-electron chi connectivity index (χ1n) is 5.92. The Bertz CT molecular complexity index is 797. The predicted molar refractivity (Wildman–Crippen MR) is 67.9 cm³/mol. The van der Waals surface area contributed by atoms with Gasteiger partial charge in [0.25, 0.3) is 5.78 Å². The molecule has 0 aliphatic heterocycles. The fourth-order valence-electron chi connectivity index (χ4n) is 2.05. The van der Waals surface area contributed by atoms with Crippen LogP contribution in [0.15, 0.2) is 36.9 Å². The second-order valence-corrected chi connectivity index (χ2v) is 4.30. The van der Waals surface area contributed by atoms with E-state index < -0.39 is 4.92 Å². The first kappa shape index (κ1) is 12.2. The Hall–Kier alpha value is -2.90. The van der Waals surface area contributed by atoms with E-state index in [1.807, 2.05) is 36.0 Å². The Morgan fingerprint density at radius 3 is 3.00 bits per heavy atom. The van der Waals surface area contributed by atoms with Gasteiger partial charge in [-0.05, 0) is 0 Å². The minimum atomic E-state index is -0.452. The van der Waals surface area contributed by atoms with Crippen molar-refractivity contribution in [2.75, 3.05) is 0 Å². The van der Waals surface area contributed by atoms with Crippen LogP contribution in [0.2, 0.25) is 0 Å². The van der Waals surface area contributed by atoms with Crippen molar-refractivity contribution in [1.29, 1.82) is 0 Å². The van der Waals surface area contributed by atoms with Gasteiger partial charge in [-0.3, -0.25) is 10.1 Å². The SMILES string of the molecule is C[n+]1ccccc1Cc1c([N+](=O)[O-])cnc2ncnn12. The zero-order valence-electron chi connectivity index (χ0n) is 10.7. The van der Waals surface area contributed by atoms with Gasteiger partial charge in [-0.2, -0.15) is 14.6 Å². The molecule has 3 aromatic rings. The molecular weight excluding hydrogens is 260 g/mol. The molecule has 0 N–H and O–H groups in total. The number of pyridine rings is 1. The third kappa shape index (κ3) is 1.96. The Labute approximate surface area is 113 Å². The van der Waals surface area contributed by atoms with Crippen molar-refractivity contribution >= 4 is 11.5 Å². The van der Waals surface area contributed by atoms with Crippen molar-refractivity contribution in [3.8, 4) is 0 Å². The van der Waals surface area contributed by atoms with Gasteiger partial charge in [0.05, 0.1) is 11.3 Å². The van der Waals surface area contributed by atoms with Crippen molar-refractivity contribution in [2.24, 2.45) is 7.05 Å². The normalized spacial score (nSPS) is 10.8. The first-order chi connectivity index (χ1) is 9.66. The number of hydrogen-bond acceptors (Lipinski definition) is 5. The summed E-state index contributed by atoms with van der Waals surface area (Å²) in [5.74, 6) is 0.351. The van der Waals surface area contributed by atoms with E-state index in [0.717, 1.165) is 5.69 Å². The maximum absolute atomic E-state index is 11.2. The molecular formula is C12H11N6O2+. The summed E-state index contributed by atoms with van der Waals surface area (Å²) in [7, 11) is 1.89. The molecule has 0 aromatic carbocycles. The quantitative estimate of drug-likeness (QED) is 0.392. The van der Waals surface area contributed by atoms with Crippen molar-refractivity contribution in [2.45, 2.75) is 6.42 Å². The Morgan fingerprint density at radius 2 is 2.25 bits per heavy atom. The summed E-state index contributed by atoms with van der Waals surface area (Å²) in [5, 5.41) is 15.2. The number of nitrogens with zero attached hydrogens (tertiary/aromatic N) is 6. The van der Waals surface area contributed by atoms with Crippen LogP contribution >= 0.6 is 0 Å². The van der Waals surface area contributed by atoms with E-state index >= 15 is 0 Å².